The van der Waals surface area contributed by atoms with Crippen molar-refractivity contribution < 1.29 is 5.21 Å². The van der Waals surface area contributed by atoms with Crippen LogP contribution in [0, 0.1) is 6.92 Å². The number of aliphatic imine (C=N–C) groups is 1. The van der Waals surface area contributed by atoms with Crippen LogP contribution in [-0.2, 0) is 0 Å². The Hall–Kier alpha value is -2.14. The third-order valence-electron chi connectivity index (χ3n) is 2.07. The van der Waals surface area contributed by atoms with Gasteiger partial charge < -0.3 is 0 Å². The summed E-state index contributed by atoms with van der Waals surface area (Å²) in [5, 5.41) is 12.8. The van der Waals surface area contributed by atoms with Crippen LogP contribution in [-0.4, -0.2) is 21.3 Å². The molecule has 0 fully saturated rings. The summed E-state index contributed by atoms with van der Waals surface area (Å²) in [5.74, 6) is 0.658. The van der Waals surface area contributed by atoms with Gasteiger partial charge in [0, 0.05) is 6.07 Å². The Labute approximate surface area is 93.0 Å². The molecule has 82 valence electrons. The van der Waals surface area contributed by atoms with Gasteiger partial charge in [-0.15, -0.1) is 0 Å². The Morgan fingerprint density at radius 1 is 1.38 bits per heavy atom. The van der Waals surface area contributed by atoms with Crippen LogP contribution >= 0.6 is 0 Å². The van der Waals surface area contributed by atoms with Gasteiger partial charge in [-0.05, 0) is 19.1 Å². The summed E-state index contributed by atoms with van der Waals surface area (Å²) in [6.45, 7) is 1.89. The molecule has 1 aromatic heterocycles. The minimum Gasteiger partial charge on any atom is -0.290 e. The van der Waals surface area contributed by atoms with E-state index in [1.807, 2.05) is 48.8 Å². The lowest BCUT2D eigenvalue weighted by atomic mass is 10.3. The van der Waals surface area contributed by atoms with Crippen LogP contribution in [0.3, 0.4) is 0 Å². The van der Waals surface area contributed by atoms with E-state index < -0.39 is 0 Å². The first kappa shape index (κ1) is 10.4. The molecule has 1 aromatic carbocycles. The molecule has 0 unspecified atom stereocenters. The lowest BCUT2D eigenvalue weighted by Crippen LogP contribution is -2.02. The molecule has 0 amide bonds. The van der Waals surface area contributed by atoms with Crippen molar-refractivity contribution in [1.82, 2.24) is 15.3 Å². The SMILES string of the molecule is Cc1cc(/N=C/NO)n(-c2ccccc2)n1. The number of hydrogen-bond donors (Lipinski definition) is 2. The molecule has 2 aromatic rings. The van der Waals surface area contributed by atoms with E-state index in [9.17, 15) is 0 Å². The fourth-order valence-electron chi connectivity index (χ4n) is 1.43. The van der Waals surface area contributed by atoms with Crippen LogP contribution < -0.4 is 5.48 Å². The fourth-order valence-corrected chi connectivity index (χ4v) is 1.43. The van der Waals surface area contributed by atoms with Crippen molar-refractivity contribution in [3.05, 3.63) is 42.1 Å². The highest BCUT2D eigenvalue weighted by atomic mass is 16.5. The number of hydroxylamine groups is 1. The molecule has 2 N–H and O–H groups in total. The van der Waals surface area contributed by atoms with E-state index in [4.69, 9.17) is 5.21 Å². The monoisotopic (exact) mass is 216 g/mol. The molecule has 2 rings (SSSR count). The highest BCUT2D eigenvalue weighted by molar-refractivity contribution is 5.59. The van der Waals surface area contributed by atoms with Crippen molar-refractivity contribution >= 4 is 12.2 Å². The van der Waals surface area contributed by atoms with Crippen LogP contribution in [0.4, 0.5) is 5.82 Å². The van der Waals surface area contributed by atoms with E-state index in [1.54, 1.807) is 4.68 Å². The summed E-state index contributed by atoms with van der Waals surface area (Å²) in [4.78, 5) is 4.04. The largest absolute Gasteiger partial charge is 0.290 e. The zero-order chi connectivity index (χ0) is 11.4. The van der Waals surface area contributed by atoms with Crippen molar-refractivity contribution in [2.45, 2.75) is 6.92 Å². The van der Waals surface area contributed by atoms with Gasteiger partial charge in [0.1, 0.15) is 6.34 Å². The van der Waals surface area contributed by atoms with Gasteiger partial charge in [0.2, 0.25) is 0 Å². The number of nitrogens with one attached hydrogen (secondary N) is 1. The molecule has 0 atom stereocenters. The van der Waals surface area contributed by atoms with Gasteiger partial charge in [0.25, 0.3) is 0 Å². The minimum absolute atomic E-state index is 0.658. The highest BCUT2D eigenvalue weighted by Crippen LogP contribution is 2.18. The van der Waals surface area contributed by atoms with Gasteiger partial charge >= 0.3 is 0 Å². The quantitative estimate of drug-likeness (QED) is 0.467. The molecule has 0 radical (unpaired) electrons. The molecular formula is C11H12N4O. The zero-order valence-corrected chi connectivity index (χ0v) is 8.83. The maximum absolute atomic E-state index is 8.47. The molecule has 0 spiro atoms. The third-order valence-corrected chi connectivity index (χ3v) is 2.07. The molecule has 1 heterocycles. The summed E-state index contributed by atoms with van der Waals surface area (Å²) in [6.07, 6.45) is 1.20. The Bertz CT molecular complexity index is 490. The molecule has 16 heavy (non-hydrogen) atoms. The molecule has 0 bridgehead atoms. The van der Waals surface area contributed by atoms with Crippen molar-refractivity contribution in [2.24, 2.45) is 4.99 Å². The summed E-state index contributed by atoms with van der Waals surface area (Å²) in [6, 6.07) is 11.5. The van der Waals surface area contributed by atoms with E-state index in [1.165, 1.54) is 6.34 Å². The number of rotatable bonds is 3. The molecule has 5 nitrogen and oxygen atoms in total. The predicted octanol–water partition coefficient (Wildman–Crippen LogP) is 1.82. The first-order chi connectivity index (χ1) is 7.81. The van der Waals surface area contributed by atoms with Gasteiger partial charge in [-0.2, -0.15) is 5.10 Å². The van der Waals surface area contributed by atoms with E-state index in [0.717, 1.165) is 11.4 Å². The van der Waals surface area contributed by atoms with Gasteiger partial charge in [-0.1, -0.05) is 18.2 Å². The van der Waals surface area contributed by atoms with E-state index >= 15 is 0 Å². The molecule has 5 heteroatoms. The average Bonchev–Trinajstić information content (AvgIpc) is 2.69. The van der Waals surface area contributed by atoms with Gasteiger partial charge in [0.15, 0.2) is 5.82 Å². The van der Waals surface area contributed by atoms with Crippen LogP contribution in [0.15, 0.2) is 41.4 Å². The van der Waals surface area contributed by atoms with Gasteiger partial charge in [-0.3, -0.25) is 10.7 Å². The molecule has 0 saturated heterocycles. The third kappa shape index (κ3) is 2.09. The lowest BCUT2D eigenvalue weighted by Gasteiger charge is -2.02. The normalized spacial score (nSPS) is 10.9. The molecular weight excluding hydrogens is 204 g/mol. The molecule has 0 aliphatic heterocycles. The van der Waals surface area contributed by atoms with Crippen molar-refractivity contribution in [3.8, 4) is 5.69 Å². The Morgan fingerprint density at radius 3 is 2.81 bits per heavy atom. The summed E-state index contributed by atoms with van der Waals surface area (Å²) >= 11 is 0. The number of nitrogens with zero attached hydrogens (tertiary/aromatic N) is 3. The van der Waals surface area contributed by atoms with Crippen molar-refractivity contribution in [2.75, 3.05) is 0 Å². The Kier molecular flexibility index (Phi) is 2.98. The topological polar surface area (TPSA) is 62.4 Å². The second-order valence-electron chi connectivity index (χ2n) is 3.28. The smallest absolute Gasteiger partial charge is 0.157 e. The number of aryl methyl sites for hydroxylation is 1. The van der Waals surface area contributed by atoms with Crippen molar-refractivity contribution in [3.63, 3.8) is 0 Å². The maximum Gasteiger partial charge on any atom is 0.157 e. The number of para-hydroxylation sites is 1. The van der Waals surface area contributed by atoms with E-state index in [0.29, 0.717) is 5.82 Å². The lowest BCUT2D eigenvalue weighted by molar-refractivity contribution is 0.240. The Morgan fingerprint density at radius 2 is 2.12 bits per heavy atom. The first-order valence-corrected chi connectivity index (χ1v) is 4.85. The summed E-state index contributed by atoms with van der Waals surface area (Å²) < 4.78 is 1.71. The number of benzene rings is 1. The molecule has 0 aliphatic rings. The highest BCUT2D eigenvalue weighted by Gasteiger charge is 2.04. The fraction of sp³-hybridized carbons (Fsp3) is 0.0909. The maximum atomic E-state index is 8.47. The second-order valence-corrected chi connectivity index (χ2v) is 3.28. The van der Waals surface area contributed by atoms with Crippen LogP contribution in [0.1, 0.15) is 5.69 Å². The van der Waals surface area contributed by atoms with Gasteiger partial charge in [0.05, 0.1) is 11.4 Å². The van der Waals surface area contributed by atoms with Gasteiger partial charge in [-0.25, -0.2) is 9.67 Å². The second kappa shape index (κ2) is 4.59. The summed E-state index contributed by atoms with van der Waals surface area (Å²) in [7, 11) is 0. The van der Waals surface area contributed by atoms with Crippen LogP contribution in [0.5, 0.6) is 0 Å². The predicted molar refractivity (Wildman–Crippen MR) is 61.4 cm³/mol. The standard InChI is InChI=1S/C11H12N4O/c1-9-7-11(12-8-13-16)15(14-9)10-5-3-2-4-6-10/h2-8,16H,1H3,(H,12,13). The Balaban J connectivity index is 2.44. The zero-order valence-electron chi connectivity index (χ0n) is 8.83. The summed E-state index contributed by atoms with van der Waals surface area (Å²) in [5.41, 5.74) is 3.67. The number of aromatic nitrogens is 2. The van der Waals surface area contributed by atoms with E-state index in [-0.39, 0.29) is 0 Å². The van der Waals surface area contributed by atoms with Crippen LogP contribution in [0.2, 0.25) is 0 Å². The molecule has 0 aliphatic carbocycles. The minimum atomic E-state index is 0.658. The molecule has 0 saturated carbocycles. The number of hydrogen-bond acceptors (Lipinski definition) is 3. The van der Waals surface area contributed by atoms with Crippen molar-refractivity contribution in [1.29, 1.82) is 0 Å². The first-order valence-electron chi connectivity index (χ1n) is 4.85. The van der Waals surface area contributed by atoms with E-state index in [2.05, 4.69) is 10.1 Å². The average molecular weight is 216 g/mol. The van der Waals surface area contributed by atoms with Crippen LogP contribution in [0.25, 0.3) is 5.69 Å².